The van der Waals surface area contributed by atoms with Gasteiger partial charge in [-0.2, -0.15) is 0 Å². The van der Waals surface area contributed by atoms with Crippen molar-refractivity contribution in [3.05, 3.63) is 11.4 Å². The second kappa shape index (κ2) is 5.71. The molecule has 2 aromatic rings. The number of ether oxygens (including phenoxy) is 1. The van der Waals surface area contributed by atoms with Gasteiger partial charge in [0.15, 0.2) is 5.82 Å². The van der Waals surface area contributed by atoms with Crippen LogP contribution in [0.2, 0.25) is 0 Å². The molecule has 2 rings (SSSR count). The van der Waals surface area contributed by atoms with E-state index >= 15 is 0 Å². The first-order chi connectivity index (χ1) is 9.34. The Morgan fingerprint density at radius 2 is 2.15 bits per heavy atom. The van der Waals surface area contributed by atoms with Gasteiger partial charge in [0.1, 0.15) is 10.6 Å². The van der Waals surface area contributed by atoms with Gasteiger partial charge in [0.25, 0.3) is 14.2 Å². The predicted octanol–water partition coefficient (Wildman–Crippen LogP) is 2.60. The zero-order chi connectivity index (χ0) is 14.9. The lowest BCUT2D eigenvalue weighted by molar-refractivity contribution is 0.417. The Hall–Kier alpha value is -1.12. The highest BCUT2D eigenvalue weighted by Crippen LogP contribution is 2.35. The first-order valence-electron chi connectivity index (χ1n) is 5.84. The van der Waals surface area contributed by atoms with Crippen molar-refractivity contribution in [2.24, 2.45) is 5.92 Å². The van der Waals surface area contributed by atoms with Crippen LogP contribution in [0, 0.1) is 5.92 Å². The number of nitrogens with zero attached hydrogens (tertiary/aromatic N) is 3. The summed E-state index contributed by atoms with van der Waals surface area (Å²) in [4.78, 5) is 0.729. The average molecular weight is 336 g/mol. The predicted molar refractivity (Wildman–Crippen MR) is 77.8 cm³/mol. The molecule has 0 bridgehead atoms. The van der Waals surface area contributed by atoms with Crippen LogP contribution < -0.4 is 4.74 Å². The van der Waals surface area contributed by atoms with E-state index in [1.165, 1.54) is 15.9 Å². The minimum Gasteiger partial charge on any atom is -0.495 e. The molecule has 0 saturated heterocycles. The van der Waals surface area contributed by atoms with E-state index in [2.05, 4.69) is 10.2 Å². The maximum Gasteiger partial charge on any atom is 0.296 e. The number of halogens is 1. The molecule has 0 atom stereocenters. The molecule has 0 aromatic carbocycles. The van der Waals surface area contributed by atoms with Crippen LogP contribution in [0.25, 0.3) is 10.7 Å². The molecule has 6 nitrogen and oxygen atoms in total. The van der Waals surface area contributed by atoms with E-state index in [1.54, 1.807) is 13.2 Å². The third-order valence-corrected chi connectivity index (χ3v) is 4.58. The van der Waals surface area contributed by atoms with E-state index in [1.807, 2.05) is 19.2 Å². The van der Waals surface area contributed by atoms with E-state index in [0.717, 1.165) is 4.88 Å². The van der Waals surface area contributed by atoms with Crippen LogP contribution in [0.4, 0.5) is 0 Å². The maximum absolute atomic E-state index is 11.6. The zero-order valence-corrected chi connectivity index (χ0v) is 13.6. The summed E-state index contributed by atoms with van der Waals surface area (Å²) >= 11 is 1.41. The second-order valence-corrected chi connectivity index (χ2v) is 7.94. The third-order valence-electron chi connectivity index (χ3n) is 2.53. The number of rotatable bonds is 5. The van der Waals surface area contributed by atoms with Crippen molar-refractivity contribution in [1.29, 1.82) is 0 Å². The summed E-state index contributed by atoms with van der Waals surface area (Å²) < 4.78 is 29.9. The number of thiophene rings is 1. The van der Waals surface area contributed by atoms with Gasteiger partial charge in [0.05, 0.1) is 7.11 Å². The topological polar surface area (TPSA) is 74.1 Å². The fraction of sp³-hybridized carbons (Fsp3) is 0.455. The van der Waals surface area contributed by atoms with Gasteiger partial charge in [-0.15, -0.1) is 21.5 Å². The molecule has 0 unspecified atom stereocenters. The average Bonchev–Trinajstić information content (AvgIpc) is 2.92. The molecule has 0 radical (unpaired) electrons. The molecule has 2 heterocycles. The molecule has 0 aliphatic heterocycles. The zero-order valence-electron chi connectivity index (χ0n) is 11.2. The van der Waals surface area contributed by atoms with Crippen LogP contribution in [-0.2, 0) is 15.6 Å². The normalized spacial score (nSPS) is 12.1. The molecule has 0 saturated carbocycles. The van der Waals surface area contributed by atoms with Gasteiger partial charge < -0.3 is 4.74 Å². The number of methoxy groups -OCH3 is 1. The van der Waals surface area contributed by atoms with Crippen molar-refractivity contribution in [2.45, 2.75) is 25.5 Å². The summed E-state index contributed by atoms with van der Waals surface area (Å²) in [6.45, 7) is 4.39. The molecule has 0 spiro atoms. The summed E-state index contributed by atoms with van der Waals surface area (Å²) in [5.41, 5.74) is 0. The monoisotopic (exact) mass is 335 g/mol. The fourth-order valence-electron chi connectivity index (χ4n) is 1.79. The molecule has 20 heavy (non-hydrogen) atoms. The van der Waals surface area contributed by atoms with Crippen molar-refractivity contribution in [3.63, 3.8) is 0 Å². The van der Waals surface area contributed by atoms with Crippen LogP contribution in [0.1, 0.15) is 13.8 Å². The summed E-state index contributed by atoms with van der Waals surface area (Å²) in [5.74, 6) is 1.29. The lowest BCUT2D eigenvalue weighted by Gasteiger charge is -2.11. The summed E-state index contributed by atoms with van der Waals surface area (Å²) in [5, 5.41) is 9.29. The maximum atomic E-state index is 11.6. The molecular weight excluding hydrogens is 322 g/mol. The molecule has 110 valence electrons. The van der Waals surface area contributed by atoms with E-state index in [0.29, 0.717) is 18.1 Å². The Morgan fingerprint density at radius 3 is 2.70 bits per heavy atom. The summed E-state index contributed by atoms with van der Waals surface area (Å²) in [6, 6.07) is 1.79. The van der Waals surface area contributed by atoms with Crippen molar-refractivity contribution in [1.82, 2.24) is 14.8 Å². The van der Waals surface area contributed by atoms with Crippen molar-refractivity contribution >= 4 is 31.1 Å². The lowest BCUT2D eigenvalue weighted by Crippen LogP contribution is -2.11. The van der Waals surface area contributed by atoms with Gasteiger partial charge in [-0.3, -0.25) is 4.57 Å². The van der Waals surface area contributed by atoms with Gasteiger partial charge in [-0.05, 0) is 17.4 Å². The summed E-state index contributed by atoms with van der Waals surface area (Å²) in [6.07, 6.45) is 0. The molecule has 2 aromatic heterocycles. The quantitative estimate of drug-likeness (QED) is 0.785. The molecule has 0 aliphatic rings. The van der Waals surface area contributed by atoms with E-state index in [9.17, 15) is 8.42 Å². The standard InChI is InChI=1S/C11H14ClN3O3S2/c1-7(2)6-15-10(9-8(18-3)4-5-19-9)13-14-11(15)20(12,16)17/h4-5,7H,6H2,1-3H3. The van der Waals surface area contributed by atoms with Gasteiger partial charge in [-0.1, -0.05) is 13.8 Å². The van der Waals surface area contributed by atoms with Crippen LogP contribution in [0.5, 0.6) is 5.75 Å². The molecular formula is C11H14ClN3O3S2. The third kappa shape index (κ3) is 2.97. The molecule has 0 aliphatic carbocycles. The fourth-order valence-corrected chi connectivity index (χ4v) is 3.54. The number of aromatic nitrogens is 3. The first kappa shape index (κ1) is 15.3. The Balaban J connectivity index is 2.62. The van der Waals surface area contributed by atoms with Crippen LogP contribution in [0.15, 0.2) is 16.6 Å². The lowest BCUT2D eigenvalue weighted by atomic mass is 10.2. The largest absolute Gasteiger partial charge is 0.495 e. The Kier molecular flexibility index (Phi) is 4.36. The van der Waals surface area contributed by atoms with Crippen molar-refractivity contribution < 1.29 is 13.2 Å². The van der Waals surface area contributed by atoms with E-state index < -0.39 is 9.05 Å². The highest BCUT2D eigenvalue weighted by molar-refractivity contribution is 8.13. The van der Waals surface area contributed by atoms with Gasteiger partial charge in [0.2, 0.25) is 0 Å². The highest BCUT2D eigenvalue weighted by Gasteiger charge is 2.25. The van der Waals surface area contributed by atoms with Crippen molar-refractivity contribution in [3.8, 4) is 16.5 Å². The molecule has 0 N–H and O–H groups in total. The minimum absolute atomic E-state index is 0.216. The van der Waals surface area contributed by atoms with Crippen LogP contribution in [-0.4, -0.2) is 30.3 Å². The smallest absolute Gasteiger partial charge is 0.296 e. The van der Waals surface area contributed by atoms with E-state index in [4.69, 9.17) is 15.4 Å². The molecule has 0 amide bonds. The van der Waals surface area contributed by atoms with Crippen LogP contribution in [0.3, 0.4) is 0 Å². The Labute approximate surface area is 125 Å². The Bertz CT molecular complexity index is 706. The minimum atomic E-state index is -3.94. The second-order valence-electron chi connectivity index (χ2n) is 4.57. The summed E-state index contributed by atoms with van der Waals surface area (Å²) in [7, 11) is 3.02. The SMILES string of the molecule is COc1ccsc1-c1nnc(S(=O)(=O)Cl)n1CC(C)C. The molecule has 9 heteroatoms. The van der Waals surface area contributed by atoms with Gasteiger partial charge in [-0.25, -0.2) is 8.42 Å². The van der Waals surface area contributed by atoms with Gasteiger partial charge >= 0.3 is 0 Å². The molecule has 0 fully saturated rings. The number of hydrogen-bond donors (Lipinski definition) is 0. The van der Waals surface area contributed by atoms with Gasteiger partial charge in [0, 0.05) is 17.2 Å². The number of hydrogen-bond acceptors (Lipinski definition) is 6. The van der Waals surface area contributed by atoms with Crippen molar-refractivity contribution in [2.75, 3.05) is 7.11 Å². The first-order valence-corrected chi connectivity index (χ1v) is 9.03. The van der Waals surface area contributed by atoms with Crippen LogP contribution >= 0.6 is 22.0 Å². The highest BCUT2D eigenvalue weighted by atomic mass is 35.7. The Morgan fingerprint density at radius 1 is 1.45 bits per heavy atom. The van der Waals surface area contributed by atoms with E-state index in [-0.39, 0.29) is 11.1 Å².